The average molecular weight is 258 g/mol. The van der Waals surface area contributed by atoms with Crippen LogP contribution in [0.4, 0.5) is 5.69 Å². The molecule has 96 valence electrons. The molecule has 0 aliphatic rings. The van der Waals surface area contributed by atoms with E-state index in [-0.39, 0.29) is 5.75 Å². The number of nitrogen functional groups attached to an aromatic ring is 1. The zero-order valence-corrected chi connectivity index (χ0v) is 11.1. The van der Waals surface area contributed by atoms with Crippen molar-refractivity contribution in [2.75, 3.05) is 18.8 Å². The summed E-state index contributed by atoms with van der Waals surface area (Å²) in [4.78, 5) is 0. The van der Waals surface area contributed by atoms with E-state index in [1.54, 1.807) is 32.9 Å². The Bertz CT molecular complexity index is 481. The van der Waals surface area contributed by atoms with Gasteiger partial charge in [0.25, 0.3) is 0 Å². The number of aryl methyl sites for hydroxylation is 1. The molecular formula is C11H18N2O3S. The molecule has 0 heterocycles. The molecule has 0 saturated heterocycles. The SMILES string of the molecule is CCN(CC)S(=O)(=O)Oc1cc(N)ccc1C. The van der Waals surface area contributed by atoms with Gasteiger partial charge in [0.05, 0.1) is 0 Å². The number of hydrogen-bond acceptors (Lipinski definition) is 4. The van der Waals surface area contributed by atoms with Gasteiger partial charge in [0.15, 0.2) is 0 Å². The highest BCUT2D eigenvalue weighted by molar-refractivity contribution is 7.84. The van der Waals surface area contributed by atoms with E-state index in [0.29, 0.717) is 18.8 Å². The highest BCUT2D eigenvalue weighted by Crippen LogP contribution is 2.23. The summed E-state index contributed by atoms with van der Waals surface area (Å²) in [5, 5.41) is 0. The minimum Gasteiger partial charge on any atom is -0.399 e. The predicted octanol–water partition coefficient (Wildman–Crippen LogP) is 1.54. The van der Waals surface area contributed by atoms with Crippen LogP contribution < -0.4 is 9.92 Å². The lowest BCUT2D eigenvalue weighted by Gasteiger charge is -2.18. The molecule has 0 atom stereocenters. The van der Waals surface area contributed by atoms with Gasteiger partial charge in [0.1, 0.15) is 5.75 Å². The van der Waals surface area contributed by atoms with Crippen molar-refractivity contribution in [3.8, 4) is 5.75 Å². The molecule has 1 aromatic rings. The zero-order valence-electron chi connectivity index (χ0n) is 10.3. The molecule has 5 nitrogen and oxygen atoms in total. The average Bonchev–Trinajstić information content (AvgIpc) is 2.24. The molecule has 0 radical (unpaired) electrons. The van der Waals surface area contributed by atoms with Gasteiger partial charge < -0.3 is 9.92 Å². The normalized spacial score (nSPS) is 11.8. The van der Waals surface area contributed by atoms with Gasteiger partial charge >= 0.3 is 10.3 Å². The second kappa shape index (κ2) is 5.37. The molecule has 6 heteroatoms. The van der Waals surface area contributed by atoms with Crippen molar-refractivity contribution < 1.29 is 12.6 Å². The molecule has 0 saturated carbocycles. The minimum atomic E-state index is -3.74. The van der Waals surface area contributed by atoms with Crippen molar-refractivity contribution in [2.24, 2.45) is 0 Å². The van der Waals surface area contributed by atoms with Gasteiger partial charge in [-0.3, -0.25) is 0 Å². The highest BCUT2D eigenvalue weighted by Gasteiger charge is 2.21. The van der Waals surface area contributed by atoms with Crippen LogP contribution in [-0.4, -0.2) is 25.8 Å². The standard InChI is InChI=1S/C11H18N2O3S/c1-4-13(5-2)17(14,15)16-11-8-10(12)7-6-9(11)3/h6-8H,4-5,12H2,1-3H3. The lowest BCUT2D eigenvalue weighted by Crippen LogP contribution is -2.34. The summed E-state index contributed by atoms with van der Waals surface area (Å²) in [6.45, 7) is 6.04. The number of anilines is 1. The van der Waals surface area contributed by atoms with Crippen LogP contribution in [0.2, 0.25) is 0 Å². The largest absolute Gasteiger partial charge is 0.399 e. The molecule has 0 fully saturated rings. The summed E-state index contributed by atoms with van der Waals surface area (Å²) >= 11 is 0. The van der Waals surface area contributed by atoms with Crippen LogP contribution in [0.3, 0.4) is 0 Å². The maximum absolute atomic E-state index is 11.9. The first-order valence-electron chi connectivity index (χ1n) is 5.46. The Morgan fingerprint density at radius 2 is 1.88 bits per heavy atom. The van der Waals surface area contributed by atoms with Crippen LogP contribution in [0, 0.1) is 6.92 Å². The van der Waals surface area contributed by atoms with E-state index in [1.165, 1.54) is 10.4 Å². The maximum Gasteiger partial charge on any atom is 0.385 e. The van der Waals surface area contributed by atoms with Gasteiger partial charge in [-0.2, -0.15) is 12.7 Å². The third kappa shape index (κ3) is 3.34. The van der Waals surface area contributed by atoms with E-state index in [9.17, 15) is 8.42 Å². The third-order valence-electron chi connectivity index (χ3n) is 2.43. The Balaban J connectivity index is 3.01. The lowest BCUT2D eigenvalue weighted by atomic mass is 10.2. The van der Waals surface area contributed by atoms with Gasteiger partial charge in [-0.05, 0) is 18.6 Å². The van der Waals surface area contributed by atoms with Gasteiger partial charge in [-0.1, -0.05) is 19.9 Å². The number of nitrogens with two attached hydrogens (primary N) is 1. The molecule has 0 amide bonds. The van der Waals surface area contributed by atoms with E-state index < -0.39 is 10.3 Å². The molecule has 17 heavy (non-hydrogen) atoms. The van der Waals surface area contributed by atoms with Gasteiger partial charge in [0, 0.05) is 24.8 Å². The molecule has 1 rings (SSSR count). The Labute approximate surface area is 102 Å². The summed E-state index contributed by atoms with van der Waals surface area (Å²) in [6.07, 6.45) is 0. The van der Waals surface area contributed by atoms with Gasteiger partial charge in [0.2, 0.25) is 0 Å². The quantitative estimate of drug-likeness (QED) is 0.813. The molecule has 0 unspecified atom stereocenters. The first kappa shape index (κ1) is 13.8. The van der Waals surface area contributed by atoms with Crippen LogP contribution in [0.15, 0.2) is 18.2 Å². The summed E-state index contributed by atoms with van der Waals surface area (Å²) in [6, 6.07) is 4.94. The van der Waals surface area contributed by atoms with Crippen LogP contribution in [0.1, 0.15) is 19.4 Å². The Hall–Kier alpha value is -1.27. The number of benzene rings is 1. The summed E-state index contributed by atoms with van der Waals surface area (Å²) in [5.74, 6) is 0.275. The first-order chi connectivity index (χ1) is 7.90. The highest BCUT2D eigenvalue weighted by atomic mass is 32.2. The molecule has 0 aliphatic heterocycles. The van der Waals surface area contributed by atoms with E-state index in [4.69, 9.17) is 9.92 Å². The molecule has 0 spiro atoms. The fourth-order valence-corrected chi connectivity index (χ4v) is 2.56. The number of rotatable bonds is 5. The van der Waals surface area contributed by atoms with E-state index in [1.807, 2.05) is 0 Å². The molecule has 1 aromatic carbocycles. The molecule has 0 aromatic heterocycles. The number of hydrogen-bond donors (Lipinski definition) is 1. The van der Waals surface area contributed by atoms with Crippen molar-refractivity contribution in [2.45, 2.75) is 20.8 Å². The smallest absolute Gasteiger partial charge is 0.385 e. The maximum atomic E-state index is 11.9. The summed E-state index contributed by atoms with van der Waals surface area (Å²) < 4.78 is 30.1. The lowest BCUT2D eigenvalue weighted by molar-refractivity contribution is 0.375. The first-order valence-corrected chi connectivity index (χ1v) is 6.83. The Kier molecular flexibility index (Phi) is 4.36. The minimum absolute atomic E-state index is 0.275. The molecular weight excluding hydrogens is 240 g/mol. The predicted molar refractivity (Wildman–Crippen MR) is 68.1 cm³/mol. The monoisotopic (exact) mass is 258 g/mol. The van der Waals surface area contributed by atoms with E-state index in [0.717, 1.165) is 5.56 Å². The zero-order chi connectivity index (χ0) is 13.1. The Morgan fingerprint density at radius 3 is 2.41 bits per heavy atom. The third-order valence-corrected chi connectivity index (χ3v) is 3.97. The van der Waals surface area contributed by atoms with Crippen LogP contribution in [0.5, 0.6) is 5.75 Å². The second-order valence-corrected chi connectivity index (χ2v) is 5.19. The molecule has 0 aliphatic carbocycles. The topological polar surface area (TPSA) is 72.6 Å². The van der Waals surface area contributed by atoms with Crippen molar-refractivity contribution in [1.29, 1.82) is 0 Å². The van der Waals surface area contributed by atoms with Crippen molar-refractivity contribution in [1.82, 2.24) is 4.31 Å². The van der Waals surface area contributed by atoms with Crippen LogP contribution in [-0.2, 0) is 10.3 Å². The van der Waals surface area contributed by atoms with Crippen molar-refractivity contribution >= 4 is 16.0 Å². The summed E-state index contributed by atoms with van der Waals surface area (Å²) in [7, 11) is -3.74. The van der Waals surface area contributed by atoms with E-state index in [2.05, 4.69) is 0 Å². The molecule has 0 bridgehead atoms. The molecule has 2 N–H and O–H groups in total. The van der Waals surface area contributed by atoms with Crippen LogP contribution >= 0.6 is 0 Å². The summed E-state index contributed by atoms with van der Waals surface area (Å²) in [5.41, 5.74) is 6.80. The second-order valence-electron chi connectivity index (χ2n) is 3.65. The van der Waals surface area contributed by atoms with Crippen molar-refractivity contribution in [3.63, 3.8) is 0 Å². The van der Waals surface area contributed by atoms with Gasteiger partial charge in [-0.25, -0.2) is 0 Å². The van der Waals surface area contributed by atoms with E-state index >= 15 is 0 Å². The van der Waals surface area contributed by atoms with Crippen LogP contribution in [0.25, 0.3) is 0 Å². The Morgan fingerprint density at radius 1 is 1.29 bits per heavy atom. The fraction of sp³-hybridized carbons (Fsp3) is 0.455. The number of nitrogens with zero attached hydrogens (tertiary/aromatic N) is 1. The van der Waals surface area contributed by atoms with Crippen molar-refractivity contribution in [3.05, 3.63) is 23.8 Å². The van der Waals surface area contributed by atoms with Gasteiger partial charge in [-0.15, -0.1) is 0 Å². The fourth-order valence-electron chi connectivity index (χ4n) is 1.41.